The number of esters is 1. The molecule has 1 aromatic heterocycles. The fraction of sp³-hybridized carbons (Fsp3) is 0.250. The van der Waals surface area contributed by atoms with Gasteiger partial charge in [-0.2, -0.15) is 16.6 Å². The monoisotopic (exact) mass is 181 g/mol. The highest BCUT2D eigenvalue weighted by Crippen LogP contribution is 2.19. The van der Waals surface area contributed by atoms with Gasteiger partial charge in [0, 0.05) is 12.5 Å². The normalized spacial score (nSPS) is 11.7. The Kier molecular flexibility index (Phi) is 2.83. The van der Waals surface area contributed by atoms with E-state index in [9.17, 15) is 4.79 Å². The van der Waals surface area contributed by atoms with Crippen molar-refractivity contribution in [3.63, 3.8) is 0 Å². The summed E-state index contributed by atoms with van der Waals surface area (Å²) in [5.74, 6) is -0.437. The third kappa shape index (κ3) is 2.07. The van der Waals surface area contributed by atoms with Crippen molar-refractivity contribution in [3.05, 3.63) is 22.4 Å². The molecule has 0 fully saturated rings. The highest BCUT2D eigenvalue weighted by molar-refractivity contribution is 7.07. The van der Waals surface area contributed by atoms with Crippen LogP contribution in [0.4, 0.5) is 0 Å². The van der Waals surface area contributed by atoms with Gasteiger partial charge in [-0.05, 0) is 16.8 Å². The van der Waals surface area contributed by atoms with E-state index in [0.29, 0.717) is 0 Å². The summed E-state index contributed by atoms with van der Waals surface area (Å²) < 4.78 is 4.75. The molecule has 0 aromatic carbocycles. The SMILES string of the molecule is CC(=O)O[C@H](C#N)c1ccsc1. The van der Waals surface area contributed by atoms with Crippen LogP contribution < -0.4 is 0 Å². The van der Waals surface area contributed by atoms with E-state index in [2.05, 4.69) is 0 Å². The van der Waals surface area contributed by atoms with Gasteiger partial charge in [0.2, 0.25) is 6.10 Å². The van der Waals surface area contributed by atoms with E-state index in [4.69, 9.17) is 10.00 Å². The molecule has 1 aromatic rings. The molecular formula is C8H7NO2S. The van der Waals surface area contributed by atoms with Crippen molar-refractivity contribution in [1.29, 1.82) is 5.26 Å². The zero-order valence-corrected chi connectivity index (χ0v) is 7.30. The van der Waals surface area contributed by atoms with Gasteiger partial charge < -0.3 is 4.74 Å². The summed E-state index contributed by atoms with van der Waals surface area (Å²) in [4.78, 5) is 10.5. The first-order valence-corrected chi connectivity index (χ1v) is 4.27. The van der Waals surface area contributed by atoms with Crippen LogP contribution in [-0.2, 0) is 9.53 Å². The molecule has 3 nitrogen and oxygen atoms in total. The Morgan fingerprint density at radius 1 is 1.83 bits per heavy atom. The molecule has 0 unspecified atom stereocenters. The zero-order valence-electron chi connectivity index (χ0n) is 6.48. The van der Waals surface area contributed by atoms with E-state index in [1.54, 1.807) is 11.4 Å². The number of nitrogens with zero attached hydrogens (tertiary/aromatic N) is 1. The number of thiophene rings is 1. The maximum absolute atomic E-state index is 10.5. The molecule has 0 amide bonds. The summed E-state index contributed by atoms with van der Waals surface area (Å²) in [6.07, 6.45) is -0.756. The molecule has 1 heterocycles. The number of nitriles is 1. The third-order valence-electron chi connectivity index (χ3n) is 1.25. The molecule has 0 radical (unpaired) electrons. The van der Waals surface area contributed by atoms with Crippen molar-refractivity contribution < 1.29 is 9.53 Å². The molecule has 4 heteroatoms. The minimum Gasteiger partial charge on any atom is -0.442 e. The third-order valence-corrected chi connectivity index (χ3v) is 1.95. The van der Waals surface area contributed by atoms with Gasteiger partial charge in [0.15, 0.2) is 0 Å². The van der Waals surface area contributed by atoms with Crippen molar-refractivity contribution in [1.82, 2.24) is 0 Å². The second kappa shape index (κ2) is 3.88. The second-order valence-corrected chi connectivity index (χ2v) is 2.96. The summed E-state index contributed by atoms with van der Waals surface area (Å²) in [6.45, 7) is 1.29. The minimum absolute atomic E-state index is 0.437. The van der Waals surface area contributed by atoms with Gasteiger partial charge in [0.25, 0.3) is 0 Å². The van der Waals surface area contributed by atoms with E-state index in [0.717, 1.165) is 5.56 Å². The van der Waals surface area contributed by atoms with Gasteiger partial charge in [0.1, 0.15) is 6.07 Å². The predicted molar refractivity (Wildman–Crippen MR) is 44.4 cm³/mol. The van der Waals surface area contributed by atoms with Crippen molar-refractivity contribution >= 4 is 17.3 Å². The number of carbonyl (C=O) groups excluding carboxylic acids is 1. The molecule has 0 aliphatic heterocycles. The van der Waals surface area contributed by atoms with Crippen molar-refractivity contribution in [2.24, 2.45) is 0 Å². The lowest BCUT2D eigenvalue weighted by Crippen LogP contribution is -2.05. The lowest BCUT2D eigenvalue weighted by molar-refractivity contribution is -0.144. The maximum atomic E-state index is 10.5. The quantitative estimate of drug-likeness (QED) is 0.654. The summed E-state index contributed by atoms with van der Waals surface area (Å²) in [6, 6.07) is 3.66. The van der Waals surface area contributed by atoms with Gasteiger partial charge in [-0.1, -0.05) is 0 Å². The van der Waals surface area contributed by atoms with Crippen LogP contribution in [0.2, 0.25) is 0 Å². The summed E-state index contributed by atoms with van der Waals surface area (Å²) in [5.41, 5.74) is 0.734. The maximum Gasteiger partial charge on any atom is 0.304 e. The van der Waals surface area contributed by atoms with Crippen molar-refractivity contribution in [3.8, 4) is 6.07 Å². The molecule has 0 bridgehead atoms. The number of carbonyl (C=O) groups is 1. The highest BCUT2D eigenvalue weighted by Gasteiger charge is 2.12. The van der Waals surface area contributed by atoms with Crippen LogP contribution in [0, 0.1) is 11.3 Å². The zero-order chi connectivity index (χ0) is 8.97. The van der Waals surface area contributed by atoms with E-state index in [1.807, 2.05) is 11.4 Å². The molecule has 0 saturated carbocycles. The Morgan fingerprint density at radius 3 is 3.00 bits per heavy atom. The van der Waals surface area contributed by atoms with Crippen molar-refractivity contribution in [2.45, 2.75) is 13.0 Å². The fourth-order valence-electron chi connectivity index (χ4n) is 0.759. The average Bonchev–Trinajstić information content (AvgIpc) is 2.51. The Hall–Kier alpha value is -1.34. The number of rotatable bonds is 2. The van der Waals surface area contributed by atoms with Crippen LogP contribution in [0.15, 0.2) is 16.8 Å². The first-order valence-electron chi connectivity index (χ1n) is 3.33. The Balaban J connectivity index is 2.72. The van der Waals surface area contributed by atoms with Gasteiger partial charge >= 0.3 is 5.97 Å². The molecule has 0 spiro atoms. The topological polar surface area (TPSA) is 50.1 Å². The highest BCUT2D eigenvalue weighted by atomic mass is 32.1. The lowest BCUT2D eigenvalue weighted by Gasteiger charge is -2.05. The number of ether oxygens (including phenoxy) is 1. The van der Waals surface area contributed by atoms with E-state index >= 15 is 0 Å². The van der Waals surface area contributed by atoms with E-state index < -0.39 is 12.1 Å². The van der Waals surface area contributed by atoms with Gasteiger partial charge in [-0.15, -0.1) is 0 Å². The van der Waals surface area contributed by atoms with Crippen molar-refractivity contribution in [2.75, 3.05) is 0 Å². The molecule has 0 aliphatic carbocycles. The van der Waals surface area contributed by atoms with Gasteiger partial charge in [-0.25, -0.2) is 0 Å². The second-order valence-electron chi connectivity index (χ2n) is 2.18. The standard InChI is InChI=1S/C8H7NO2S/c1-6(10)11-8(4-9)7-2-3-12-5-7/h2-3,5,8H,1H3/t8-/m1/s1. The molecule has 0 aliphatic rings. The average molecular weight is 181 g/mol. The number of hydrogen-bond donors (Lipinski definition) is 0. The smallest absolute Gasteiger partial charge is 0.304 e. The Morgan fingerprint density at radius 2 is 2.58 bits per heavy atom. The largest absolute Gasteiger partial charge is 0.442 e. The van der Waals surface area contributed by atoms with Crippen LogP contribution in [0.1, 0.15) is 18.6 Å². The summed E-state index contributed by atoms with van der Waals surface area (Å²) in [7, 11) is 0. The molecule has 1 rings (SSSR count). The summed E-state index contributed by atoms with van der Waals surface area (Å²) >= 11 is 1.47. The van der Waals surface area contributed by atoms with Crippen LogP contribution >= 0.6 is 11.3 Å². The summed E-state index contributed by atoms with van der Waals surface area (Å²) in [5, 5.41) is 12.2. The Labute approximate surface area is 74.2 Å². The molecular weight excluding hydrogens is 174 g/mol. The molecule has 1 atom stereocenters. The first kappa shape index (κ1) is 8.75. The minimum atomic E-state index is -0.756. The van der Waals surface area contributed by atoms with Crippen LogP contribution in [-0.4, -0.2) is 5.97 Å². The number of hydrogen-bond acceptors (Lipinski definition) is 4. The Bertz CT molecular complexity index is 299. The van der Waals surface area contributed by atoms with Crippen LogP contribution in [0.5, 0.6) is 0 Å². The van der Waals surface area contributed by atoms with Crippen LogP contribution in [0.3, 0.4) is 0 Å². The molecule has 0 saturated heterocycles. The van der Waals surface area contributed by atoms with E-state index in [-0.39, 0.29) is 0 Å². The predicted octanol–water partition coefficient (Wildman–Crippen LogP) is 1.88. The molecule has 62 valence electrons. The molecule has 0 N–H and O–H groups in total. The van der Waals surface area contributed by atoms with E-state index in [1.165, 1.54) is 18.3 Å². The first-order chi connectivity index (χ1) is 5.74. The molecule has 12 heavy (non-hydrogen) atoms. The van der Waals surface area contributed by atoms with Gasteiger partial charge in [-0.3, -0.25) is 4.79 Å². The van der Waals surface area contributed by atoms with Crippen LogP contribution in [0.25, 0.3) is 0 Å². The fourth-order valence-corrected chi connectivity index (χ4v) is 1.43. The van der Waals surface area contributed by atoms with Gasteiger partial charge in [0.05, 0.1) is 0 Å². The lowest BCUT2D eigenvalue weighted by atomic mass is 10.2.